The summed E-state index contributed by atoms with van der Waals surface area (Å²) in [5.41, 5.74) is 1.97. The van der Waals surface area contributed by atoms with E-state index in [4.69, 9.17) is 4.42 Å². The van der Waals surface area contributed by atoms with Crippen LogP contribution in [0.5, 0.6) is 0 Å². The lowest BCUT2D eigenvalue weighted by Crippen LogP contribution is -2.38. The van der Waals surface area contributed by atoms with E-state index in [9.17, 15) is 0 Å². The number of thiazole rings is 1. The summed E-state index contributed by atoms with van der Waals surface area (Å²) in [6, 6.07) is 0. The van der Waals surface area contributed by atoms with Gasteiger partial charge in [-0.05, 0) is 27.7 Å². The van der Waals surface area contributed by atoms with Crippen LogP contribution in [0.25, 0.3) is 0 Å². The highest BCUT2D eigenvalue weighted by molar-refractivity contribution is 14.0. The molecule has 0 amide bonds. The van der Waals surface area contributed by atoms with Gasteiger partial charge in [0, 0.05) is 19.0 Å². The van der Waals surface area contributed by atoms with E-state index in [0.717, 1.165) is 41.2 Å². The number of aryl methyl sites for hydroxylation is 3. The molecule has 2 heterocycles. The normalized spacial score (nSPS) is 11.3. The van der Waals surface area contributed by atoms with Crippen LogP contribution in [0, 0.1) is 20.8 Å². The van der Waals surface area contributed by atoms with Gasteiger partial charge in [0.2, 0.25) is 5.89 Å². The molecule has 2 aromatic rings. The second-order valence-corrected chi connectivity index (χ2v) is 6.20. The van der Waals surface area contributed by atoms with Gasteiger partial charge < -0.3 is 14.6 Å². The Hall–Kier alpha value is -1.16. The lowest BCUT2D eigenvalue weighted by Gasteiger charge is -2.20. The van der Waals surface area contributed by atoms with Crippen LogP contribution in [0.4, 0.5) is 0 Å². The molecule has 23 heavy (non-hydrogen) atoms. The second-order valence-electron chi connectivity index (χ2n) is 5.13. The lowest BCUT2D eigenvalue weighted by molar-refractivity contribution is 0.455. The summed E-state index contributed by atoms with van der Waals surface area (Å²) in [6.45, 7) is 9.88. The first-order valence-electron chi connectivity index (χ1n) is 7.33. The fraction of sp³-hybridized carbons (Fsp3) is 0.533. The lowest BCUT2D eigenvalue weighted by atomic mass is 10.4. The number of nitrogens with one attached hydrogen (secondary N) is 1. The first-order valence-corrected chi connectivity index (χ1v) is 8.21. The quantitative estimate of drug-likeness (QED) is 0.431. The fourth-order valence-electron chi connectivity index (χ4n) is 2.02. The number of aliphatic imine (C=N–C) groups is 1. The number of aromatic nitrogens is 2. The highest BCUT2D eigenvalue weighted by Crippen LogP contribution is 2.11. The van der Waals surface area contributed by atoms with E-state index in [1.807, 2.05) is 27.8 Å². The molecular formula is C15H24IN5OS. The van der Waals surface area contributed by atoms with Crippen LogP contribution in [0.15, 0.2) is 14.8 Å². The first-order chi connectivity index (χ1) is 10.5. The fourth-order valence-corrected chi connectivity index (χ4v) is 2.62. The smallest absolute Gasteiger partial charge is 0.216 e. The number of guanidine groups is 1. The van der Waals surface area contributed by atoms with Crippen molar-refractivity contribution in [3.63, 3.8) is 0 Å². The molecule has 6 nitrogen and oxygen atoms in total. The van der Waals surface area contributed by atoms with Gasteiger partial charge in [-0.3, -0.25) is 0 Å². The van der Waals surface area contributed by atoms with E-state index in [1.54, 1.807) is 11.3 Å². The van der Waals surface area contributed by atoms with Crippen molar-refractivity contribution >= 4 is 41.3 Å². The van der Waals surface area contributed by atoms with Crippen LogP contribution < -0.4 is 5.32 Å². The van der Waals surface area contributed by atoms with Crippen LogP contribution in [-0.2, 0) is 13.1 Å². The van der Waals surface area contributed by atoms with Gasteiger partial charge in [-0.15, -0.1) is 35.3 Å². The molecule has 0 spiro atoms. The molecule has 0 saturated heterocycles. The van der Waals surface area contributed by atoms with Crippen molar-refractivity contribution < 1.29 is 4.42 Å². The van der Waals surface area contributed by atoms with Gasteiger partial charge in [0.15, 0.2) is 5.96 Å². The average molecular weight is 449 g/mol. The van der Waals surface area contributed by atoms with Gasteiger partial charge in [0.05, 0.1) is 22.9 Å². The molecule has 0 aliphatic carbocycles. The van der Waals surface area contributed by atoms with Gasteiger partial charge in [0.25, 0.3) is 0 Å². The Morgan fingerprint density at radius 2 is 2.09 bits per heavy atom. The Balaban J connectivity index is 0.00000264. The number of nitrogens with zero attached hydrogens (tertiary/aromatic N) is 4. The molecule has 128 valence electrons. The SMILES string of the molecule is CCNC(=NCc1nc(C)c(C)o1)N(C)Cc1csc(C)n1.I. The molecule has 0 fully saturated rings. The number of hydrogen-bond acceptors (Lipinski definition) is 5. The number of rotatable bonds is 5. The number of hydrogen-bond donors (Lipinski definition) is 1. The molecule has 2 aromatic heterocycles. The topological polar surface area (TPSA) is 66.6 Å². The van der Waals surface area contributed by atoms with Crippen molar-refractivity contribution in [3.05, 3.63) is 33.4 Å². The Kier molecular flexibility index (Phi) is 7.97. The molecule has 0 saturated carbocycles. The maximum atomic E-state index is 5.57. The highest BCUT2D eigenvalue weighted by atomic mass is 127. The largest absolute Gasteiger partial charge is 0.444 e. The molecule has 0 bridgehead atoms. The molecule has 0 aliphatic heterocycles. The zero-order valence-electron chi connectivity index (χ0n) is 14.2. The van der Waals surface area contributed by atoms with E-state index in [2.05, 4.69) is 37.5 Å². The van der Waals surface area contributed by atoms with Gasteiger partial charge in [-0.25, -0.2) is 15.0 Å². The van der Waals surface area contributed by atoms with Gasteiger partial charge >= 0.3 is 0 Å². The maximum absolute atomic E-state index is 5.57. The average Bonchev–Trinajstić information content (AvgIpc) is 3.01. The summed E-state index contributed by atoms with van der Waals surface area (Å²) in [6.07, 6.45) is 0. The van der Waals surface area contributed by atoms with Crippen molar-refractivity contribution in [1.29, 1.82) is 0 Å². The molecule has 0 atom stereocenters. The summed E-state index contributed by atoms with van der Waals surface area (Å²) in [5.74, 6) is 2.31. The van der Waals surface area contributed by atoms with Gasteiger partial charge in [0.1, 0.15) is 12.3 Å². The Labute approximate surface area is 158 Å². The summed E-state index contributed by atoms with van der Waals surface area (Å²) in [7, 11) is 2.00. The third kappa shape index (κ3) is 5.76. The summed E-state index contributed by atoms with van der Waals surface area (Å²) >= 11 is 1.66. The molecule has 0 unspecified atom stereocenters. The molecule has 0 aromatic carbocycles. The molecule has 0 radical (unpaired) electrons. The minimum absolute atomic E-state index is 0. The Morgan fingerprint density at radius 3 is 2.61 bits per heavy atom. The maximum Gasteiger partial charge on any atom is 0.216 e. The predicted molar refractivity (Wildman–Crippen MR) is 105 cm³/mol. The molecule has 1 N–H and O–H groups in total. The van der Waals surface area contributed by atoms with Crippen molar-refractivity contribution in [2.75, 3.05) is 13.6 Å². The van der Waals surface area contributed by atoms with Crippen LogP contribution in [0.3, 0.4) is 0 Å². The number of halogens is 1. The third-order valence-corrected chi connectivity index (χ3v) is 4.02. The minimum Gasteiger partial charge on any atom is -0.444 e. The van der Waals surface area contributed by atoms with E-state index < -0.39 is 0 Å². The second kappa shape index (κ2) is 9.21. The van der Waals surface area contributed by atoms with E-state index in [1.165, 1.54) is 0 Å². The molecule has 0 aliphatic rings. The summed E-state index contributed by atoms with van der Waals surface area (Å²) in [4.78, 5) is 15.5. The van der Waals surface area contributed by atoms with E-state index >= 15 is 0 Å². The zero-order chi connectivity index (χ0) is 16.1. The Morgan fingerprint density at radius 1 is 1.35 bits per heavy atom. The summed E-state index contributed by atoms with van der Waals surface area (Å²) < 4.78 is 5.57. The van der Waals surface area contributed by atoms with Crippen molar-refractivity contribution in [2.24, 2.45) is 4.99 Å². The first kappa shape index (κ1) is 19.9. The molecular weight excluding hydrogens is 425 g/mol. The van der Waals surface area contributed by atoms with E-state index in [0.29, 0.717) is 12.4 Å². The van der Waals surface area contributed by atoms with Crippen molar-refractivity contribution in [1.82, 2.24) is 20.2 Å². The predicted octanol–water partition coefficient (Wildman–Crippen LogP) is 3.27. The van der Waals surface area contributed by atoms with Crippen molar-refractivity contribution in [3.8, 4) is 0 Å². The van der Waals surface area contributed by atoms with Crippen molar-refractivity contribution in [2.45, 2.75) is 40.8 Å². The third-order valence-electron chi connectivity index (χ3n) is 3.20. The number of oxazole rings is 1. The van der Waals surface area contributed by atoms with Crippen LogP contribution in [-0.4, -0.2) is 34.4 Å². The zero-order valence-corrected chi connectivity index (χ0v) is 17.4. The van der Waals surface area contributed by atoms with Crippen LogP contribution >= 0.6 is 35.3 Å². The van der Waals surface area contributed by atoms with Gasteiger partial charge in [-0.2, -0.15) is 0 Å². The van der Waals surface area contributed by atoms with Gasteiger partial charge in [-0.1, -0.05) is 0 Å². The Bertz CT molecular complexity index is 633. The molecule has 8 heteroatoms. The van der Waals surface area contributed by atoms with Crippen LogP contribution in [0.1, 0.15) is 35.0 Å². The summed E-state index contributed by atoms with van der Waals surface area (Å²) in [5, 5.41) is 6.44. The monoisotopic (exact) mass is 449 g/mol. The standard InChI is InChI=1S/C15H23N5OS.HI/c1-6-16-15(17-7-14-18-10(2)11(3)21-14)20(5)8-13-9-22-12(4)19-13;/h9H,6-8H2,1-5H3,(H,16,17);1H. The molecule has 2 rings (SSSR count). The van der Waals surface area contributed by atoms with E-state index in [-0.39, 0.29) is 24.0 Å². The van der Waals surface area contributed by atoms with Crippen LogP contribution in [0.2, 0.25) is 0 Å². The highest BCUT2D eigenvalue weighted by Gasteiger charge is 2.10. The minimum atomic E-state index is 0.